The number of thioether (sulfide) groups is 1. The van der Waals surface area contributed by atoms with Gasteiger partial charge in [-0.05, 0) is 35.9 Å². The number of amides is 1. The fraction of sp³-hybridized carbons (Fsp3) is 0.615. The van der Waals surface area contributed by atoms with Crippen molar-refractivity contribution in [2.45, 2.75) is 12.5 Å². The van der Waals surface area contributed by atoms with Gasteiger partial charge in [0.25, 0.3) is 0 Å². The van der Waals surface area contributed by atoms with Crippen LogP contribution in [0, 0.1) is 0 Å². The quantitative estimate of drug-likeness (QED) is 0.895. The highest BCUT2D eigenvalue weighted by atomic mass is 32.2. The molecule has 19 heavy (non-hydrogen) atoms. The predicted octanol–water partition coefficient (Wildman–Crippen LogP) is 1.48. The predicted molar refractivity (Wildman–Crippen MR) is 84.1 cm³/mol. The zero-order valence-corrected chi connectivity index (χ0v) is 12.9. The van der Waals surface area contributed by atoms with Gasteiger partial charge in [0.05, 0.1) is 11.0 Å². The zero-order chi connectivity index (χ0) is 13.7. The highest BCUT2D eigenvalue weighted by Crippen LogP contribution is 2.22. The number of carbonyl (C=O) groups is 1. The van der Waals surface area contributed by atoms with Crippen LogP contribution in [0.25, 0.3) is 0 Å². The molecular formula is C13H21N3OS2. The lowest BCUT2D eigenvalue weighted by Crippen LogP contribution is -2.53. The molecule has 2 heterocycles. The summed E-state index contributed by atoms with van der Waals surface area (Å²) in [7, 11) is 0. The number of anilines is 1. The van der Waals surface area contributed by atoms with Crippen molar-refractivity contribution in [3.8, 4) is 0 Å². The molecule has 0 aromatic carbocycles. The molecule has 2 N–H and O–H groups in total. The van der Waals surface area contributed by atoms with Crippen LogP contribution < -0.4 is 10.6 Å². The van der Waals surface area contributed by atoms with Crippen molar-refractivity contribution in [3.63, 3.8) is 0 Å². The third-order valence-electron chi connectivity index (χ3n) is 3.36. The minimum absolute atomic E-state index is 0.111. The van der Waals surface area contributed by atoms with E-state index in [9.17, 15) is 4.79 Å². The zero-order valence-electron chi connectivity index (χ0n) is 11.2. The van der Waals surface area contributed by atoms with Crippen LogP contribution in [0.15, 0.2) is 17.5 Å². The highest BCUT2D eigenvalue weighted by Gasteiger charge is 2.25. The summed E-state index contributed by atoms with van der Waals surface area (Å²) >= 11 is 3.49. The maximum absolute atomic E-state index is 12.2. The number of hydrogen-bond acceptors (Lipinski definition) is 5. The van der Waals surface area contributed by atoms with E-state index in [0.717, 1.165) is 38.4 Å². The first-order valence-electron chi connectivity index (χ1n) is 6.54. The molecule has 0 unspecified atom stereocenters. The van der Waals surface area contributed by atoms with Gasteiger partial charge in [0.2, 0.25) is 5.91 Å². The van der Waals surface area contributed by atoms with Crippen molar-refractivity contribution in [1.29, 1.82) is 0 Å². The summed E-state index contributed by atoms with van der Waals surface area (Å²) in [5, 5.41) is 3.38. The Labute approximate surface area is 122 Å². The van der Waals surface area contributed by atoms with E-state index >= 15 is 0 Å². The van der Waals surface area contributed by atoms with Gasteiger partial charge in [-0.1, -0.05) is 0 Å². The molecule has 1 amide bonds. The molecule has 1 fully saturated rings. The van der Waals surface area contributed by atoms with Crippen LogP contribution in [-0.4, -0.2) is 55.0 Å². The van der Waals surface area contributed by atoms with E-state index in [1.165, 1.54) is 5.00 Å². The number of rotatable bonds is 5. The van der Waals surface area contributed by atoms with Gasteiger partial charge in [-0.3, -0.25) is 4.79 Å². The van der Waals surface area contributed by atoms with Crippen LogP contribution in [0.4, 0.5) is 5.00 Å². The number of thiophene rings is 1. The molecule has 0 saturated carbocycles. The Morgan fingerprint density at radius 2 is 2.21 bits per heavy atom. The summed E-state index contributed by atoms with van der Waals surface area (Å²) in [6.07, 6.45) is 2.81. The average molecular weight is 299 g/mol. The summed E-state index contributed by atoms with van der Waals surface area (Å²) in [5.41, 5.74) is 5.95. The van der Waals surface area contributed by atoms with Crippen molar-refractivity contribution in [2.24, 2.45) is 5.73 Å². The summed E-state index contributed by atoms with van der Waals surface area (Å²) in [6, 6.07) is 3.86. The number of nitrogens with two attached hydrogens (primary N) is 1. The molecule has 6 heteroatoms. The van der Waals surface area contributed by atoms with Gasteiger partial charge < -0.3 is 15.5 Å². The molecule has 1 atom stereocenters. The third-order valence-corrected chi connectivity index (χ3v) is 4.93. The Kier molecular flexibility index (Phi) is 5.54. The van der Waals surface area contributed by atoms with Gasteiger partial charge in [0.1, 0.15) is 0 Å². The first-order valence-corrected chi connectivity index (χ1v) is 8.81. The SMILES string of the molecule is CSCC[C@H](N)C(=O)N1CCN(c2cccs2)CC1. The Bertz CT molecular complexity index is 389. The van der Waals surface area contributed by atoms with Gasteiger partial charge in [0, 0.05) is 26.2 Å². The molecule has 1 saturated heterocycles. The third kappa shape index (κ3) is 3.87. The molecule has 0 spiro atoms. The Morgan fingerprint density at radius 3 is 2.79 bits per heavy atom. The first-order chi connectivity index (χ1) is 9.22. The molecule has 1 aliphatic heterocycles. The maximum atomic E-state index is 12.2. The van der Waals surface area contributed by atoms with Crippen molar-refractivity contribution in [2.75, 3.05) is 43.1 Å². The molecule has 4 nitrogen and oxygen atoms in total. The molecule has 106 valence electrons. The second kappa shape index (κ2) is 7.17. The standard InChI is InChI=1S/C13H21N3OS2/c1-18-10-4-11(14)13(17)16-7-5-15(6-8-16)12-3-2-9-19-12/h2-3,9,11H,4-8,10,14H2,1H3/t11-/m0/s1. The van der Waals surface area contributed by atoms with Gasteiger partial charge in [-0.25, -0.2) is 0 Å². The van der Waals surface area contributed by atoms with E-state index < -0.39 is 0 Å². The fourth-order valence-corrected chi connectivity index (χ4v) is 3.47. The topological polar surface area (TPSA) is 49.6 Å². The second-order valence-electron chi connectivity index (χ2n) is 4.65. The van der Waals surface area contributed by atoms with Crippen molar-refractivity contribution >= 4 is 34.0 Å². The first kappa shape index (κ1) is 14.7. The summed E-state index contributed by atoms with van der Waals surface area (Å²) in [5.74, 6) is 1.06. The van der Waals surface area contributed by atoms with Crippen molar-refractivity contribution in [3.05, 3.63) is 17.5 Å². The lowest BCUT2D eigenvalue weighted by atomic mass is 10.2. The smallest absolute Gasteiger partial charge is 0.239 e. The van der Waals surface area contributed by atoms with Crippen LogP contribution in [0.5, 0.6) is 0 Å². The van der Waals surface area contributed by atoms with E-state index in [0.29, 0.717) is 0 Å². The summed E-state index contributed by atoms with van der Waals surface area (Å²) < 4.78 is 0. The monoisotopic (exact) mass is 299 g/mol. The van der Waals surface area contributed by atoms with Crippen molar-refractivity contribution < 1.29 is 4.79 Å². The normalized spacial score (nSPS) is 17.6. The Hall–Kier alpha value is -0.720. The maximum Gasteiger partial charge on any atom is 0.239 e. The van der Waals surface area contributed by atoms with Crippen LogP contribution in [0.2, 0.25) is 0 Å². The van der Waals surface area contributed by atoms with Crippen LogP contribution in [0.1, 0.15) is 6.42 Å². The van der Waals surface area contributed by atoms with Gasteiger partial charge in [-0.15, -0.1) is 11.3 Å². The van der Waals surface area contributed by atoms with Crippen molar-refractivity contribution in [1.82, 2.24) is 4.90 Å². The van der Waals surface area contributed by atoms with E-state index in [-0.39, 0.29) is 11.9 Å². The van der Waals surface area contributed by atoms with Gasteiger partial charge in [-0.2, -0.15) is 11.8 Å². The molecular weight excluding hydrogens is 278 g/mol. The molecule has 2 rings (SSSR count). The average Bonchev–Trinajstić information content (AvgIpc) is 2.98. The highest BCUT2D eigenvalue weighted by molar-refractivity contribution is 7.98. The lowest BCUT2D eigenvalue weighted by molar-refractivity contribution is -0.132. The second-order valence-corrected chi connectivity index (χ2v) is 6.56. The Morgan fingerprint density at radius 1 is 1.47 bits per heavy atom. The molecule has 1 aromatic heterocycles. The molecule has 0 radical (unpaired) electrons. The molecule has 1 aromatic rings. The number of hydrogen-bond donors (Lipinski definition) is 1. The fourth-order valence-electron chi connectivity index (χ4n) is 2.20. The lowest BCUT2D eigenvalue weighted by Gasteiger charge is -2.36. The van der Waals surface area contributed by atoms with Gasteiger partial charge >= 0.3 is 0 Å². The minimum atomic E-state index is -0.333. The number of nitrogens with zero attached hydrogens (tertiary/aromatic N) is 2. The van der Waals surface area contributed by atoms with E-state index in [1.807, 2.05) is 11.2 Å². The Balaban J connectivity index is 1.81. The number of carbonyl (C=O) groups excluding carboxylic acids is 1. The van der Waals surface area contributed by atoms with E-state index in [1.54, 1.807) is 23.1 Å². The molecule has 0 aliphatic carbocycles. The number of piperazine rings is 1. The van der Waals surface area contributed by atoms with E-state index in [2.05, 4.69) is 22.4 Å². The minimum Gasteiger partial charge on any atom is -0.360 e. The van der Waals surface area contributed by atoms with Crippen LogP contribution in [0.3, 0.4) is 0 Å². The molecule has 1 aliphatic rings. The summed E-state index contributed by atoms with van der Waals surface area (Å²) in [6.45, 7) is 3.37. The largest absolute Gasteiger partial charge is 0.360 e. The van der Waals surface area contributed by atoms with Crippen LogP contribution in [-0.2, 0) is 4.79 Å². The van der Waals surface area contributed by atoms with E-state index in [4.69, 9.17) is 5.73 Å². The summed E-state index contributed by atoms with van der Waals surface area (Å²) in [4.78, 5) is 16.4. The van der Waals surface area contributed by atoms with Crippen LogP contribution >= 0.6 is 23.1 Å². The molecule has 0 bridgehead atoms. The van der Waals surface area contributed by atoms with Gasteiger partial charge in [0.15, 0.2) is 0 Å².